The number of ether oxygens (including phenoxy) is 1. The van der Waals surface area contributed by atoms with E-state index in [9.17, 15) is 9.90 Å². The van der Waals surface area contributed by atoms with Gasteiger partial charge in [0.15, 0.2) is 0 Å². The van der Waals surface area contributed by atoms with Crippen molar-refractivity contribution in [2.75, 3.05) is 19.0 Å². The van der Waals surface area contributed by atoms with Crippen LogP contribution in [0.15, 0.2) is 18.2 Å². The first-order valence-corrected chi connectivity index (χ1v) is 6.92. The number of amides is 2. The standard InChI is InChI=1S/C14H21ClN2O3/c1-4-14(19,5-2)9-16-13(18)17-12-7-6-10(20-3)8-11(12)15/h6-8,19H,4-5,9H2,1-3H3,(H2,16,17,18). The van der Waals surface area contributed by atoms with Gasteiger partial charge in [-0.25, -0.2) is 4.79 Å². The molecule has 0 bridgehead atoms. The molecule has 2 amide bonds. The summed E-state index contributed by atoms with van der Waals surface area (Å²) in [5.74, 6) is 0.618. The van der Waals surface area contributed by atoms with Gasteiger partial charge in [-0.1, -0.05) is 25.4 Å². The van der Waals surface area contributed by atoms with Gasteiger partial charge in [-0.15, -0.1) is 0 Å². The molecule has 0 saturated carbocycles. The molecule has 0 aromatic heterocycles. The Kier molecular flexibility index (Phi) is 6.10. The molecule has 0 saturated heterocycles. The fourth-order valence-corrected chi connectivity index (χ4v) is 1.85. The molecule has 0 spiro atoms. The topological polar surface area (TPSA) is 70.6 Å². The summed E-state index contributed by atoms with van der Waals surface area (Å²) in [6.07, 6.45) is 1.15. The van der Waals surface area contributed by atoms with E-state index in [4.69, 9.17) is 16.3 Å². The molecule has 0 aliphatic heterocycles. The van der Waals surface area contributed by atoms with Crippen molar-refractivity contribution < 1.29 is 14.6 Å². The van der Waals surface area contributed by atoms with Gasteiger partial charge in [-0.3, -0.25) is 0 Å². The molecule has 1 aromatic carbocycles. The van der Waals surface area contributed by atoms with Gasteiger partial charge in [0, 0.05) is 12.6 Å². The summed E-state index contributed by atoms with van der Waals surface area (Å²) in [7, 11) is 1.54. The number of aliphatic hydroxyl groups is 1. The maximum Gasteiger partial charge on any atom is 0.319 e. The molecule has 1 rings (SSSR count). The SMILES string of the molecule is CCC(O)(CC)CNC(=O)Nc1ccc(OC)cc1Cl. The molecular formula is C14H21ClN2O3. The summed E-state index contributed by atoms with van der Waals surface area (Å²) in [5, 5.41) is 15.7. The van der Waals surface area contributed by atoms with Crippen LogP contribution in [0.4, 0.5) is 10.5 Å². The molecule has 1 aromatic rings. The van der Waals surface area contributed by atoms with E-state index in [1.165, 1.54) is 0 Å². The molecule has 0 unspecified atom stereocenters. The van der Waals surface area contributed by atoms with E-state index in [1.807, 2.05) is 13.8 Å². The highest BCUT2D eigenvalue weighted by Crippen LogP contribution is 2.26. The van der Waals surface area contributed by atoms with Crippen molar-refractivity contribution in [3.63, 3.8) is 0 Å². The number of nitrogens with one attached hydrogen (secondary N) is 2. The van der Waals surface area contributed by atoms with Crippen molar-refractivity contribution in [1.82, 2.24) is 5.32 Å². The second-order valence-corrected chi connectivity index (χ2v) is 4.99. The predicted octanol–water partition coefficient (Wildman–Crippen LogP) is 3.02. The van der Waals surface area contributed by atoms with Crippen molar-refractivity contribution in [1.29, 1.82) is 0 Å². The second kappa shape index (κ2) is 7.36. The molecular weight excluding hydrogens is 280 g/mol. The number of methoxy groups -OCH3 is 1. The molecule has 0 aliphatic carbocycles. The van der Waals surface area contributed by atoms with Gasteiger partial charge in [-0.2, -0.15) is 0 Å². The van der Waals surface area contributed by atoms with Crippen LogP contribution in [-0.4, -0.2) is 30.4 Å². The lowest BCUT2D eigenvalue weighted by Crippen LogP contribution is -2.43. The van der Waals surface area contributed by atoms with Crippen molar-refractivity contribution in [2.45, 2.75) is 32.3 Å². The average Bonchev–Trinajstić information content (AvgIpc) is 2.47. The van der Waals surface area contributed by atoms with Crippen molar-refractivity contribution in [2.24, 2.45) is 0 Å². The number of benzene rings is 1. The highest BCUT2D eigenvalue weighted by Gasteiger charge is 2.22. The predicted molar refractivity (Wildman–Crippen MR) is 80.6 cm³/mol. The summed E-state index contributed by atoms with van der Waals surface area (Å²) in [6.45, 7) is 3.95. The maximum atomic E-state index is 11.8. The van der Waals surface area contributed by atoms with Crippen molar-refractivity contribution >= 4 is 23.3 Å². The largest absolute Gasteiger partial charge is 0.497 e. The minimum absolute atomic E-state index is 0.194. The van der Waals surface area contributed by atoms with Crippen LogP contribution >= 0.6 is 11.6 Å². The monoisotopic (exact) mass is 300 g/mol. The number of hydrogen-bond donors (Lipinski definition) is 3. The molecule has 0 aliphatic rings. The lowest BCUT2D eigenvalue weighted by Gasteiger charge is -2.25. The first-order valence-electron chi connectivity index (χ1n) is 6.55. The minimum Gasteiger partial charge on any atom is -0.497 e. The zero-order valence-corrected chi connectivity index (χ0v) is 12.8. The molecule has 3 N–H and O–H groups in total. The van der Waals surface area contributed by atoms with Crippen molar-refractivity contribution in [3.05, 3.63) is 23.2 Å². The van der Waals surface area contributed by atoms with Gasteiger partial charge in [0.05, 0.1) is 23.4 Å². The highest BCUT2D eigenvalue weighted by molar-refractivity contribution is 6.33. The van der Waals surface area contributed by atoms with Gasteiger partial charge in [-0.05, 0) is 25.0 Å². The first kappa shape index (κ1) is 16.6. The fourth-order valence-electron chi connectivity index (χ4n) is 1.64. The van der Waals surface area contributed by atoms with Crippen LogP contribution in [0.1, 0.15) is 26.7 Å². The van der Waals surface area contributed by atoms with Crippen LogP contribution in [-0.2, 0) is 0 Å². The van der Waals surface area contributed by atoms with Gasteiger partial charge in [0.2, 0.25) is 0 Å². The Morgan fingerprint density at radius 2 is 2.05 bits per heavy atom. The third kappa shape index (κ3) is 4.58. The van der Waals surface area contributed by atoms with Gasteiger partial charge >= 0.3 is 6.03 Å². The smallest absolute Gasteiger partial charge is 0.319 e. The Morgan fingerprint density at radius 1 is 1.40 bits per heavy atom. The van der Waals surface area contributed by atoms with E-state index in [1.54, 1.807) is 25.3 Å². The summed E-state index contributed by atoms with van der Waals surface area (Å²) >= 11 is 6.02. The lowest BCUT2D eigenvalue weighted by atomic mass is 9.98. The second-order valence-electron chi connectivity index (χ2n) is 4.58. The van der Waals surface area contributed by atoms with E-state index in [2.05, 4.69) is 10.6 Å². The van der Waals surface area contributed by atoms with Crippen LogP contribution in [0.5, 0.6) is 5.75 Å². The summed E-state index contributed by atoms with van der Waals surface area (Å²) in [4.78, 5) is 11.8. The van der Waals surface area contributed by atoms with E-state index in [-0.39, 0.29) is 6.54 Å². The van der Waals surface area contributed by atoms with Crippen molar-refractivity contribution in [3.8, 4) is 5.75 Å². The van der Waals surface area contributed by atoms with Crippen LogP contribution in [0.2, 0.25) is 5.02 Å². The van der Waals surface area contributed by atoms with E-state index < -0.39 is 11.6 Å². The third-order valence-electron chi connectivity index (χ3n) is 3.32. The highest BCUT2D eigenvalue weighted by atomic mass is 35.5. The van der Waals surface area contributed by atoms with E-state index in [0.717, 1.165) is 0 Å². The number of carbonyl (C=O) groups is 1. The molecule has 0 atom stereocenters. The fraction of sp³-hybridized carbons (Fsp3) is 0.500. The van der Waals surface area contributed by atoms with Crippen LogP contribution in [0.3, 0.4) is 0 Å². The van der Waals surface area contributed by atoms with E-state index in [0.29, 0.717) is 29.3 Å². The summed E-state index contributed by atoms with van der Waals surface area (Å²) < 4.78 is 5.03. The summed E-state index contributed by atoms with van der Waals surface area (Å²) in [5.41, 5.74) is -0.386. The van der Waals surface area contributed by atoms with Crippen LogP contribution in [0, 0.1) is 0 Å². The lowest BCUT2D eigenvalue weighted by molar-refractivity contribution is 0.0354. The molecule has 0 fully saturated rings. The molecule has 20 heavy (non-hydrogen) atoms. The quantitative estimate of drug-likeness (QED) is 0.756. The average molecular weight is 301 g/mol. The van der Waals surface area contributed by atoms with Crippen LogP contribution in [0.25, 0.3) is 0 Å². The number of hydrogen-bond acceptors (Lipinski definition) is 3. The Balaban J connectivity index is 2.59. The number of urea groups is 1. The summed E-state index contributed by atoms with van der Waals surface area (Å²) in [6, 6.07) is 4.58. The third-order valence-corrected chi connectivity index (χ3v) is 3.63. The maximum absolute atomic E-state index is 11.8. The van der Waals surface area contributed by atoms with Gasteiger partial charge in [0.25, 0.3) is 0 Å². The zero-order chi connectivity index (χ0) is 15.2. The molecule has 0 radical (unpaired) electrons. The van der Waals surface area contributed by atoms with E-state index >= 15 is 0 Å². The van der Waals surface area contributed by atoms with Gasteiger partial charge in [0.1, 0.15) is 5.75 Å². The molecule has 6 heteroatoms. The van der Waals surface area contributed by atoms with Crippen LogP contribution < -0.4 is 15.4 Å². The Morgan fingerprint density at radius 3 is 2.55 bits per heavy atom. The Labute approximate surface area is 124 Å². The molecule has 5 nitrogen and oxygen atoms in total. The number of carbonyl (C=O) groups excluding carboxylic acids is 1. The zero-order valence-electron chi connectivity index (χ0n) is 12.0. The number of rotatable bonds is 6. The Hall–Kier alpha value is -1.46. The first-order chi connectivity index (χ1) is 9.44. The van der Waals surface area contributed by atoms with Gasteiger partial charge < -0.3 is 20.5 Å². The Bertz CT molecular complexity index is 462. The number of anilines is 1. The number of halogens is 1. The normalized spacial score (nSPS) is 11.1. The molecule has 112 valence electrons. The minimum atomic E-state index is -0.874. The molecule has 0 heterocycles.